The van der Waals surface area contributed by atoms with Crippen LogP contribution in [0, 0.1) is 13.8 Å². The van der Waals surface area contributed by atoms with Crippen molar-refractivity contribution >= 4 is 28.2 Å². The smallest absolute Gasteiger partial charge is 0.291 e. The summed E-state index contributed by atoms with van der Waals surface area (Å²) in [5, 5.41) is 7.49. The fourth-order valence-corrected chi connectivity index (χ4v) is 5.67. The quantitative estimate of drug-likeness (QED) is 0.397. The number of carbonyl (C=O) groups excluding carboxylic acids is 1. The van der Waals surface area contributed by atoms with Gasteiger partial charge in [0, 0.05) is 34.2 Å². The van der Waals surface area contributed by atoms with Crippen LogP contribution in [0.4, 0.5) is 10.9 Å². The van der Waals surface area contributed by atoms with Crippen LogP contribution in [0.25, 0.3) is 0 Å². The summed E-state index contributed by atoms with van der Waals surface area (Å²) in [6.45, 7) is 3.92. The lowest BCUT2D eigenvalue weighted by atomic mass is 9.90. The molecule has 1 atom stereocenters. The molecule has 0 radical (unpaired) electrons. The van der Waals surface area contributed by atoms with Gasteiger partial charge in [-0.2, -0.15) is 0 Å². The maximum Gasteiger partial charge on any atom is 0.291 e. The molecule has 0 bridgehead atoms. The number of aryl methyl sites for hydroxylation is 3. The number of carbonyl (C=O) groups is 1. The zero-order chi connectivity index (χ0) is 22.8. The Labute approximate surface area is 196 Å². The number of anilines is 2. The molecule has 168 valence electrons. The van der Waals surface area contributed by atoms with E-state index in [1.165, 1.54) is 16.7 Å². The van der Waals surface area contributed by atoms with Crippen molar-refractivity contribution in [2.24, 2.45) is 0 Å². The molecule has 0 fully saturated rings. The molecule has 4 heterocycles. The van der Waals surface area contributed by atoms with Gasteiger partial charge in [-0.05, 0) is 74.9 Å². The molecule has 2 N–H and O–H groups in total. The van der Waals surface area contributed by atoms with E-state index in [1.54, 1.807) is 29.7 Å². The van der Waals surface area contributed by atoms with Crippen molar-refractivity contribution < 1.29 is 9.21 Å². The minimum atomic E-state index is -0.259. The van der Waals surface area contributed by atoms with Crippen LogP contribution >= 0.6 is 11.3 Å². The number of pyridine rings is 1. The highest BCUT2D eigenvalue weighted by Gasteiger charge is 2.29. The van der Waals surface area contributed by atoms with Crippen molar-refractivity contribution in [2.75, 3.05) is 10.6 Å². The number of nitrogens with zero attached hydrogens (tertiary/aromatic N) is 3. The molecule has 1 aliphatic carbocycles. The van der Waals surface area contributed by atoms with Crippen LogP contribution in [0.2, 0.25) is 0 Å². The molecule has 1 aliphatic rings. The van der Waals surface area contributed by atoms with Crippen LogP contribution in [-0.2, 0) is 12.8 Å². The van der Waals surface area contributed by atoms with Crippen LogP contribution < -0.4 is 10.6 Å². The average Bonchev–Trinajstić information content (AvgIpc) is 3.46. The van der Waals surface area contributed by atoms with E-state index >= 15 is 0 Å². The molecule has 33 heavy (non-hydrogen) atoms. The second-order valence-corrected chi connectivity index (χ2v) is 9.33. The number of thiophene rings is 1. The average molecular weight is 460 g/mol. The Morgan fingerprint density at radius 1 is 1.12 bits per heavy atom. The summed E-state index contributed by atoms with van der Waals surface area (Å²) in [5.74, 6) is 0.587. The fraction of sp³-hybridized carbons (Fsp3) is 0.280. The molecule has 5 rings (SSSR count). The van der Waals surface area contributed by atoms with Gasteiger partial charge >= 0.3 is 0 Å². The van der Waals surface area contributed by atoms with Crippen LogP contribution in [0.3, 0.4) is 0 Å². The van der Waals surface area contributed by atoms with E-state index in [1.807, 2.05) is 38.2 Å². The van der Waals surface area contributed by atoms with Gasteiger partial charge in [-0.3, -0.25) is 9.78 Å². The monoisotopic (exact) mass is 459 g/mol. The summed E-state index contributed by atoms with van der Waals surface area (Å²) in [6.07, 6.45) is 9.40. The molecule has 8 heteroatoms. The molecule has 0 aliphatic heterocycles. The highest BCUT2D eigenvalue weighted by Crippen LogP contribution is 2.44. The highest BCUT2D eigenvalue weighted by atomic mass is 32.1. The number of furan rings is 1. The zero-order valence-corrected chi connectivity index (χ0v) is 19.4. The fourth-order valence-electron chi connectivity index (χ4n) is 4.35. The highest BCUT2D eigenvalue weighted by molar-refractivity contribution is 7.16. The number of aromatic nitrogens is 3. The number of amides is 1. The predicted octanol–water partition coefficient (Wildman–Crippen LogP) is 5.48. The van der Waals surface area contributed by atoms with Crippen molar-refractivity contribution in [3.63, 3.8) is 0 Å². The van der Waals surface area contributed by atoms with Gasteiger partial charge < -0.3 is 15.1 Å². The third-order valence-electron chi connectivity index (χ3n) is 5.75. The molecule has 0 saturated carbocycles. The third-order valence-corrected chi connectivity index (χ3v) is 6.97. The van der Waals surface area contributed by atoms with E-state index in [0.717, 1.165) is 53.2 Å². The summed E-state index contributed by atoms with van der Waals surface area (Å²) in [7, 11) is 0. The SMILES string of the molecule is Cc1cc(C)nc(N[C@H](c2cccnc2)c2c(NC(=O)c3ccco3)sc3c2CCCC3)n1. The van der Waals surface area contributed by atoms with E-state index in [2.05, 4.69) is 25.6 Å². The van der Waals surface area contributed by atoms with Gasteiger partial charge in [-0.25, -0.2) is 9.97 Å². The molecule has 4 aromatic heterocycles. The van der Waals surface area contributed by atoms with Crippen molar-refractivity contribution in [1.82, 2.24) is 15.0 Å². The van der Waals surface area contributed by atoms with E-state index in [0.29, 0.717) is 5.95 Å². The Bertz CT molecular complexity index is 1250. The molecule has 0 aromatic carbocycles. The van der Waals surface area contributed by atoms with Crippen molar-refractivity contribution in [3.05, 3.63) is 87.7 Å². The molecular weight excluding hydrogens is 434 g/mol. The van der Waals surface area contributed by atoms with E-state index in [4.69, 9.17) is 4.42 Å². The topological polar surface area (TPSA) is 92.9 Å². The standard InChI is InChI=1S/C25H25N5O2S/c1-15-13-16(2)28-25(27-15)29-22(17-7-5-11-26-14-17)21-18-8-3-4-10-20(18)33-24(21)30-23(31)19-9-6-12-32-19/h5-7,9,11-14,22H,3-4,8,10H2,1-2H3,(H,30,31)(H,27,28,29)/t22-/m1/s1. The van der Waals surface area contributed by atoms with E-state index in [-0.39, 0.29) is 17.7 Å². The normalized spacial score (nSPS) is 13.9. The summed E-state index contributed by atoms with van der Waals surface area (Å²) in [5.41, 5.74) is 5.14. The van der Waals surface area contributed by atoms with Crippen molar-refractivity contribution in [1.29, 1.82) is 0 Å². The summed E-state index contributed by atoms with van der Waals surface area (Å²) in [6, 6.07) is 9.04. The molecule has 0 unspecified atom stereocenters. The number of hydrogen-bond donors (Lipinski definition) is 2. The maximum atomic E-state index is 12.9. The first kappa shape index (κ1) is 21.3. The Balaban J connectivity index is 1.61. The van der Waals surface area contributed by atoms with Gasteiger partial charge in [-0.1, -0.05) is 6.07 Å². The Kier molecular flexibility index (Phi) is 5.92. The Morgan fingerprint density at radius 2 is 1.94 bits per heavy atom. The van der Waals surface area contributed by atoms with E-state index < -0.39 is 0 Å². The molecule has 0 saturated heterocycles. The molecule has 0 spiro atoms. The van der Waals surface area contributed by atoms with Crippen molar-refractivity contribution in [3.8, 4) is 0 Å². The second-order valence-electron chi connectivity index (χ2n) is 8.22. The van der Waals surface area contributed by atoms with Gasteiger partial charge in [0.2, 0.25) is 5.95 Å². The summed E-state index contributed by atoms with van der Waals surface area (Å²) in [4.78, 5) is 27.8. The van der Waals surface area contributed by atoms with Gasteiger partial charge in [-0.15, -0.1) is 11.3 Å². The first-order valence-corrected chi connectivity index (χ1v) is 11.9. The largest absolute Gasteiger partial charge is 0.459 e. The van der Waals surface area contributed by atoms with Gasteiger partial charge in [0.25, 0.3) is 5.91 Å². The van der Waals surface area contributed by atoms with Crippen LogP contribution in [0.15, 0.2) is 53.4 Å². The lowest BCUT2D eigenvalue weighted by Crippen LogP contribution is -2.19. The number of rotatable bonds is 6. The van der Waals surface area contributed by atoms with Crippen LogP contribution in [0.1, 0.15) is 62.4 Å². The Morgan fingerprint density at radius 3 is 2.67 bits per heavy atom. The lowest BCUT2D eigenvalue weighted by Gasteiger charge is -2.23. The maximum absolute atomic E-state index is 12.9. The van der Waals surface area contributed by atoms with Gasteiger partial charge in [0.05, 0.1) is 12.3 Å². The van der Waals surface area contributed by atoms with Crippen LogP contribution in [0.5, 0.6) is 0 Å². The second kappa shape index (κ2) is 9.15. The Hall–Kier alpha value is -3.52. The molecule has 1 amide bonds. The predicted molar refractivity (Wildman–Crippen MR) is 129 cm³/mol. The summed E-state index contributed by atoms with van der Waals surface area (Å²) < 4.78 is 5.32. The van der Waals surface area contributed by atoms with Gasteiger partial charge in [0.1, 0.15) is 5.00 Å². The first-order chi connectivity index (χ1) is 16.1. The van der Waals surface area contributed by atoms with Crippen LogP contribution in [-0.4, -0.2) is 20.9 Å². The lowest BCUT2D eigenvalue weighted by molar-refractivity contribution is 0.0997. The zero-order valence-electron chi connectivity index (χ0n) is 18.6. The minimum Gasteiger partial charge on any atom is -0.459 e. The number of hydrogen-bond acceptors (Lipinski definition) is 7. The molecule has 4 aromatic rings. The number of nitrogens with one attached hydrogen (secondary N) is 2. The van der Waals surface area contributed by atoms with E-state index in [9.17, 15) is 4.79 Å². The third kappa shape index (κ3) is 4.52. The summed E-state index contributed by atoms with van der Waals surface area (Å²) >= 11 is 1.65. The molecular formula is C25H25N5O2S. The first-order valence-electron chi connectivity index (χ1n) is 11.1. The van der Waals surface area contributed by atoms with Gasteiger partial charge in [0.15, 0.2) is 5.76 Å². The molecule has 7 nitrogen and oxygen atoms in total. The number of fused-ring (bicyclic) bond motifs is 1. The minimum absolute atomic E-state index is 0.257. The van der Waals surface area contributed by atoms with Crippen molar-refractivity contribution in [2.45, 2.75) is 45.6 Å².